The van der Waals surface area contributed by atoms with E-state index >= 15 is 0 Å². The van der Waals surface area contributed by atoms with Crippen LogP contribution in [0.3, 0.4) is 0 Å². The van der Waals surface area contributed by atoms with Gasteiger partial charge < -0.3 is 10.6 Å². The number of rotatable bonds is 4. The molecule has 1 aliphatic carbocycles. The van der Waals surface area contributed by atoms with Gasteiger partial charge in [-0.15, -0.1) is 0 Å². The van der Waals surface area contributed by atoms with Gasteiger partial charge in [-0.2, -0.15) is 5.10 Å². The lowest BCUT2D eigenvalue weighted by atomic mass is 10.3. The van der Waals surface area contributed by atoms with Crippen LogP contribution < -0.4 is 10.6 Å². The molecule has 6 nitrogen and oxygen atoms in total. The summed E-state index contributed by atoms with van der Waals surface area (Å²) in [6.07, 6.45) is 3.84. The Balaban J connectivity index is 1.75. The van der Waals surface area contributed by atoms with E-state index in [1.54, 1.807) is 16.9 Å². The molecule has 2 aromatic rings. The topological polar surface area (TPSA) is 71.8 Å². The zero-order chi connectivity index (χ0) is 13.2. The van der Waals surface area contributed by atoms with Crippen molar-refractivity contribution < 1.29 is 4.79 Å². The van der Waals surface area contributed by atoms with Gasteiger partial charge in [-0.1, -0.05) is 6.07 Å². The van der Waals surface area contributed by atoms with Gasteiger partial charge in [0, 0.05) is 19.2 Å². The van der Waals surface area contributed by atoms with E-state index < -0.39 is 0 Å². The molecule has 3 rings (SSSR count). The van der Waals surface area contributed by atoms with Gasteiger partial charge in [-0.3, -0.25) is 9.48 Å². The van der Waals surface area contributed by atoms with Crippen molar-refractivity contribution in [1.29, 1.82) is 0 Å². The molecule has 1 aliphatic rings. The second-order valence-electron chi connectivity index (χ2n) is 4.62. The number of hydrogen-bond acceptors (Lipinski definition) is 4. The standard InChI is InChI=1S/C13H15N5O/c1-18-12(7-8-14-18)17-11-4-2-3-10(16-11)13(19)15-9-5-6-9/h2-4,7-9H,5-6H2,1H3,(H,15,19)(H,16,17). The Morgan fingerprint density at radius 3 is 2.89 bits per heavy atom. The maximum Gasteiger partial charge on any atom is 0.270 e. The van der Waals surface area contributed by atoms with Gasteiger partial charge in [0.2, 0.25) is 0 Å². The van der Waals surface area contributed by atoms with Crippen molar-refractivity contribution in [1.82, 2.24) is 20.1 Å². The number of aromatic nitrogens is 3. The number of amides is 1. The monoisotopic (exact) mass is 257 g/mol. The van der Waals surface area contributed by atoms with Crippen LogP contribution in [0.15, 0.2) is 30.5 Å². The Kier molecular flexibility index (Phi) is 2.91. The van der Waals surface area contributed by atoms with E-state index in [-0.39, 0.29) is 5.91 Å². The molecule has 2 aromatic heterocycles. The van der Waals surface area contributed by atoms with Crippen molar-refractivity contribution in [2.75, 3.05) is 5.32 Å². The molecule has 19 heavy (non-hydrogen) atoms. The summed E-state index contributed by atoms with van der Waals surface area (Å²) in [5, 5.41) is 10.1. The predicted octanol–water partition coefficient (Wildman–Crippen LogP) is 1.45. The highest BCUT2D eigenvalue weighted by Gasteiger charge is 2.24. The summed E-state index contributed by atoms with van der Waals surface area (Å²) >= 11 is 0. The number of pyridine rings is 1. The minimum Gasteiger partial charge on any atom is -0.348 e. The average Bonchev–Trinajstić information content (AvgIpc) is 3.13. The number of hydrogen-bond donors (Lipinski definition) is 2. The first-order chi connectivity index (χ1) is 9.22. The molecule has 0 atom stereocenters. The maximum atomic E-state index is 11.9. The lowest BCUT2D eigenvalue weighted by molar-refractivity contribution is 0.0946. The summed E-state index contributed by atoms with van der Waals surface area (Å²) in [5.41, 5.74) is 0.430. The molecule has 2 heterocycles. The number of carbonyl (C=O) groups excluding carboxylic acids is 1. The molecule has 0 aliphatic heterocycles. The molecular weight excluding hydrogens is 242 g/mol. The summed E-state index contributed by atoms with van der Waals surface area (Å²) in [6.45, 7) is 0. The Morgan fingerprint density at radius 1 is 1.37 bits per heavy atom. The van der Waals surface area contributed by atoms with Gasteiger partial charge in [0.05, 0.1) is 6.20 Å². The molecular formula is C13H15N5O. The van der Waals surface area contributed by atoms with Crippen LogP contribution in [0.1, 0.15) is 23.3 Å². The quantitative estimate of drug-likeness (QED) is 0.869. The number of nitrogens with zero attached hydrogens (tertiary/aromatic N) is 3. The number of anilines is 2. The van der Waals surface area contributed by atoms with E-state index in [1.165, 1.54) is 0 Å². The fraction of sp³-hybridized carbons (Fsp3) is 0.308. The fourth-order valence-corrected chi connectivity index (χ4v) is 1.75. The van der Waals surface area contributed by atoms with E-state index in [9.17, 15) is 4.79 Å². The molecule has 0 aromatic carbocycles. The summed E-state index contributed by atoms with van der Waals surface area (Å²) in [4.78, 5) is 16.2. The van der Waals surface area contributed by atoms with Crippen LogP contribution in [0.4, 0.5) is 11.6 Å². The molecule has 6 heteroatoms. The maximum absolute atomic E-state index is 11.9. The van der Waals surface area contributed by atoms with Gasteiger partial charge >= 0.3 is 0 Å². The first-order valence-corrected chi connectivity index (χ1v) is 6.25. The normalized spacial score (nSPS) is 14.2. The molecule has 0 radical (unpaired) electrons. The van der Waals surface area contributed by atoms with Gasteiger partial charge in [0.1, 0.15) is 17.3 Å². The van der Waals surface area contributed by atoms with Gasteiger partial charge in [0.15, 0.2) is 0 Å². The molecule has 0 bridgehead atoms. The van der Waals surface area contributed by atoms with Crippen molar-refractivity contribution in [3.63, 3.8) is 0 Å². The van der Waals surface area contributed by atoms with Crippen molar-refractivity contribution in [2.24, 2.45) is 7.05 Å². The highest BCUT2D eigenvalue weighted by molar-refractivity contribution is 5.93. The SMILES string of the molecule is Cn1nccc1Nc1cccc(C(=O)NC2CC2)n1. The van der Waals surface area contributed by atoms with Crippen LogP contribution in [0.5, 0.6) is 0 Å². The Morgan fingerprint density at radius 2 is 2.21 bits per heavy atom. The summed E-state index contributed by atoms with van der Waals surface area (Å²) in [5.74, 6) is 1.34. The Hall–Kier alpha value is -2.37. The third-order valence-electron chi connectivity index (χ3n) is 2.97. The van der Waals surface area contributed by atoms with Gasteiger partial charge in [-0.25, -0.2) is 4.98 Å². The van der Waals surface area contributed by atoms with E-state index in [4.69, 9.17) is 0 Å². The second kappa shape index (κ2) is 4.72. The highest BCUT2D eigenvalue weighted by atomic mass is 16.2. The lowest BCUT2D eigenvalue weighted by Gasteiger charge is -2.07. The molecule has 1 amide bonds. The zero-order valence-corrected chi connectivity index (χ0v) is 10.6. The van der Waals surface area contributed by atoms with Crippen LogP contribution in [-0.4, -0.2) is 26.7 Å². The number of aryl methyl sites for hydroxylation is 1. The molecule has 1 fully saturated rings. The van der Waals surface area contributed by atoms with Crippen molar-refractivity contribution in [3.05, 3.63) is 36.2 Å². The van der Waals surface area contributed by atoms with Crippen LogP contribution in [0, 0.1) is 0 Å². The van der Waals surface area contributed by atoms with Gasteiger partial charge in [0.25, 0.3) is 5.91 Å². The minimum atomic E-state index is -0.115. The van der Waals surface area contributed by atoms with E-state index in [0.29, 0.717) is 17.6 Å². The largest absolute Gasteiger partial charge is 0.348 e. The molecule has 1 saturated carbocycles. The van der Waals surface area contributed by atoms with Crippen LogP contribution >= 0.6 is 0 Å². The molecule has 0 saturated heterocycles. The molecule has 0 spiro atoms. The van der Waals surface area contributed by atoms with E-state index in [0.717, 1.165) is 18.7 Å². The average molecular weight is 257 g/mol. The molecule has 2 N–H and O–H groups in total. The zero-order valence-electron chi connectivity index (χ0n) is 10.6. The van der Waals surface area contributed by atoms with Crippen molar-refractivity contribution in [3.8, 4) is 0 Å². The summed E-state index contributed by atoms with van der Waals surface area (Å²) in [7, 11) is 1.84. The Labute approximate surface area is 110 Å². The van der Waals surface area contributed by atoms with Crippen molar-refractivity contribution in [2.45, 2.75) is 18.9 Å². The third kappa shape index (κ3) is 2.73. The first kappa shape index (κ1) is 11.7. The first-order valence-electron chi connectivity index (χ1n) is 6.25. The molecule has 0 unspecified atom stereocenters. The summed E-state index contributed by atoms with van der Waals surface area (Å²) < 4.78 is 1.71. The fourth-order valence-electron chi connectivity index (χ4n) is 1.75. The van der Waals surface area contributed by atoms with E-state index in [1.807, 2.05) is 25.2 Å². The molecule has 98 valence electrons. The predicted molar refractivity (Wildman–Crippen MR) is 71.2 cm³/mol. The van der Waals surface area contributed by atoms with Crippen molar-refractivity contribution >= 4 is 17.5 Å². The highest BCUT2D eigenvalue weighted by Crippen LogP contribution is 2.19. The van der Waals surface area contributed by atoms with Crippen LogP contribution in [0.2, 0.25) is 0 Å². The smallest absolute Gasteiger partial charge is 0.270 e. The van der Waals surface area contributed by atoms with Gasteiger partial charge in [-0.05, 0) is 25.0 Å². The Bertz CT molecular complexity index is 603. The number of carbonyl (C=O) groups is 1. The third-order valence-corrected chi connectivity index (χ3v) is 2.97. The van der Waals surface area contributed by atoms with Crippen LogP contribution in [0.25, 0.3) is 0 Å². The van der Waals surface area contributed by atoms with E-state index in [2.05, 4.69) is 20.7 Å². The second-order valence-corrected chi connectivity index (χ2v) is 4.62. The lowest BCUT2D eigenvalue weighted by Crippen LogP contribution is -2.26. The summed E-state index contributed by atoms with van der Waals surface area (Å²) in [6, 6.07) is 7.53. The number of nitrogens with one attached hydrogen (secondary N) is 2. The van der Waals surface area contributed by atoms with Crippen LogP contribution in [-0.2, 0) is 7.05 Å². The minimum absolute atomic E-state index is 0.115.